The fourth-order valence-corrected chi connectivity index (χ4v) is 4.82. The number of aromatic nitrogens is 1. The highest BCUT2D eigenvalue weighted by atomic mass is 19.1. The van der Waals surface area contributed by atoms with Gasteiger partial charge in [0.2, 0.25) is 0 Å². The summed E-state index contributed by atoms with van der Waals surface area (Å²) in [7, 11) is 0. The van der Waals surface area contributed by atoms with Gasteiger partial charge in [-0.05, 0) is 115 Å². The highest BCUT2D eigenvalue weighted by molar-refractivity contribution is 5.94. The molecule has 0 radical (unpaired) electrons. The van der Waals surface area contributed by atoms with Crippen molar-refractivity contribution in [3.05, 3.63) is 106 Å². The molecule has 1 heterocycles. The number of hydrogen-bond donors (Lipinski definition) is 0. The molecule has 0 bridgehead atoms. The second kappa shape index (κ2) is 12.6. The Morgan fingerprint density at radius 1 is 0.914 bits per heavy atom. The van der Waals surface area contributed by atoms with Gasteiger partial charge in [0.15, 0.2) is 0 Å². The molecule has 0 N–H and O–H groups in total. The first kappa shape index (κ1) is 26.6. The predicted molar refractivity (Wildman–Crippen MR) is 150 cm³/mol. The van der Waals surface area contributed by atoms with Gasteiger partial charge in [0.25, 0.3) is 0 Å². The van der Waals surface area contributed by atoms with E-state index in [1.54, 1.807) is 12.1 Å². The molecule has 0 amide bonds. The van der Waals surface area contributed by atoms with E-state index in [4.69, 9.17) is 4.98 Å². The van der Waals surface area contributed by atoms with Gasteiger partial charge in [-0.25, -0.2) is 4.39 Å². The minimum atomic E-state index is -0.160. The molecule has 1 nitrogen and oxygen atoms in total. The van der Waals surface area contributed by atoms with E-state index in [-0.39, 0.29) is 5.82 Å². The lowest BCUT2D eigenvalue weighted by Crippen LogP contribution is -1.99. The summed E-state index contributed by atoms with van der Waals surface area (Å²) in [5.41, 5.74) is 13.3. The van der Waals surface area contributed by atoms with Crippen LogP contribution in [0.25, 0.3) is 16.7 Å². The monoisotopic (exact) mass is 469 g/mol. The quantitative estimate of drug-likeness (QED) is 0.336. The third kappa shape index (κ3) is 6.78. The molecular formula is C33H40FN. The van der Waals surface area contributed by atoms with Gasteiger partial charge in [0.05, 0.1) is 0 Å². The summed E-state index contributed by atoms with van der Waals surface area (Å²) >= 11 is 0. The molecule has 2 heteroatoms. The van der Waals surface area contributed by atoms with Gasteiger partial charge in [0.1, 0.15) is 5.82 Å². The first-order valence-electron chi connectivity index (χ1n) is 13.1. The smallest absolute Gasteiger partial charge is 0.123 e. The Balaban J connectivity index is 0.000000320. The molecule has 184 valence electrons. The Kier molecular flexibility index (Phi) is 9.60. The molecule has 0 unspecified atom stereocenters. The summed E-state index contributed by atoms with van der Waals surface area (Å²) in [5, 5.41) is 0. The summed E-state index contributed by atoms with van der Waals surface area (Å²) in [4.78, 5) is 4.82. The van der Waals surface area contributed by atoms with Crippen LogP contribution in [0.3, 0.4) is 0 Å². The van der Waals surface area contributed by atoms with Gasteiger partial charge in [-0.15, -0.1) is 0 Å². The average molecular weight is 470 g/mol. The standard InChI is InChI=1S/C25H31N.C8H9F/c1-6-9-18(4)24-15-20(16-26-25(24)7-2)21-10-8-11-22(21)23-14-17(3)12-13-19(23)5;1-2-7-3-5-8(9)6-4-7/h12-16H,4,6-11H2,1-3,5H3;3-6H,2H2,1H3. The van der Waals surface area contributed by atoms with Crippen molar-refractivity contribution in [2.24, 2.45) is 0 Å². The Morgan fingerprint density at radius 3 is 2.29 bits per heavy atom. The maximum absolute atomic E-state index is 12.2. The van der Waals surface area contributed by atoms with E-state index in [1.807, 2.05) is 6.92 Å². The fraction of sp³-hybridized carbons (Fsp3) is 0.364. The first-order chi connectivity index (χ1) is 16.9. The predicted octanol–water partition coefficient (Wildman–Crippen LogP) is 9.56. The third-order valence-electron chi connectivity index (χ3n) is 6.84. The topological polar surface area (TPSA) is 12.9 Å². The van der Waals surface area contributed by atoms with Crippen molar-refractivity contribution in [2.45, 2.75) is 79.6 Å². The van der Waals surface area contributed by atoms with Gasteiger partial charge in [-0.1, -0.05) is 69.7 Å². The van der Waals surface area contributed by atoms with Gasteiger partial charge in [-0.3, -0.25) is 4.98 Å². The zero-order valence-electron chi connectivity index (χ0n) is 22.2. The molecule has 35 heavy (non-hydrogen) atoms. The molecule has 0 saturated heterocycles. The number of nitrogens with zero attached hydrogens (tertiary/aromatic N) is 1. The van der Waals surface area contributed by atoms with E-state index in [2.05, 4.69) is 64.7 Å². The Hall–Kier alpha value is -3.00. The lowest BCUT2D eigenvalue weighted by Gasteiger charge is -2.15. The third-order valence-corrected chi connectivity index (χ3v) is 6.84. The van der Waals surface area contributed by atoms with Crippen LogP contribution in [0.15, 0.2) is 61.3 Å². The zero-order valence-corrected chi connectivity index (χ0v) is 22.2. The second-order valence-corrected chi connectivity index (χ2v) is 9.53. The number of aryl methyl sites for hydroxylation is 4. The van der Waals surface area contributed by atoms with E-state index < -0.39 is 0 Å². The van der Waals surface area contributed by atoms with E-state index >= 15 is 0 Å². The zero-order chi connectivity index (χ0) is 25.4. The van der Waals surface area contributed by atoms with Crippen molar-refractivity contribution in [3.63, 3.8) is 0 Å². The van der Waals surface area contributed by atoms with Gasteiger partial charge in [0, 0.05) is 11.9 Å². The Morgan fingerprint density at radius 2 is 1.63 bits per heavy atom. The summed E-state index contributed by atoms with van der Waals surface area (Å²) in [6.07, 6.45) is 9.74. The number of hydrogen-bond acceptors (Lipinski definition) is 1. The minimum absolute atomic E-state index is 0.160. The SMILES string of the molecule is C=C(CCC)c1cc(C2=C(c3cc(C)ccc3C)CCC2)cnc1CC.CCc1ccc(F)cc1. The number of pyridine rings is 1. The molecule has 4 rings (SSSR count). The van der Waals surface area contributed by atoms with Crippen molar-refractivity contribution in [1.29, 1.82) is 0 Å². The molecule has 3 aromatic rings. The molecular weight excluding hydrogens is 429 g/mol. The Labute approximate surface area is 211 Å². The number of benzene rings is 2. The molecule has 0 atom stereocenters. The van der Waals surface area contributed by atoms with Crippen molar-refractivity contribution in [2.75, 3.05) is 0 Å². The van der Waals surface area contributed by atoms with Crippen LogP contribution in [-0.2, 0) is 12.8 Å². The van der Waals surface area contributed by atoms with Crippen molar-refractivity contribution >= 4 is 16.7 Å². The van der Waals surface area contributed by atoms with Crippen molar-refractivity contribution in [1.82, 2.24) is 4.98 Å². The number of halogens is 1. The molecule has 1 aromatic heterocycles. The minimum Gasteiger partial charge on any atom is -0.260 e. The summed E-state index contributed by atoms with van der Waals surface area (Å²) in [6.45, 7) is 15.2. The highest BCUT2D eigenvalue weighted by Gasteiger charge is 2.20. The summed E-state index contributed by atoms with van der Waals surface area (Å²) in [5.74, 6) is -0.160. The van der Waals surface area contributed by atoms with Crippen LogP contribution in [0.1, 0.15) is 91.9 Å². The van der Waals surface area contributed by atoms with Gasteiger partial charge in [-0.2, -0.15) is 0 Å². The van der Waals surface area contributed by atoms with E-state index in [9.17, 15) is 4.39 Å². The van der Waals surface area contributed by atoms with Crippen molar-refractivity contribution < 1.29 is 4.39 Å². The van der Waals surface area contributed by atoms with E-state index in [1.165, 1.54) is 80.8 Å². The molecule has 1 aliphatic rings. The Bertz CT molecular complexity index is 1180. The maximum Gasteiger partial charge on any atom is 0.123 e. The van der Waals surface area contributed by atoms with Gasteiger partial charge < -0.3 is 0 Å². The van der Waals surface area contributed by atoms with Crippen LogP contribution in [-0.4, -0.2) is 4.98 Å². The van der Waals surface area contributed by atoms with Crippen molar-refractivity contribution in [3.8, 4) is 0 Å². The van der Waals surface area contributed by atoms with Gasteiger partial charge >= 0.3 is 0 Å². The van der Waals surface area contributed by atoms with Crippen LogP contribution in [0.5, 0.6) is 0 Å². The first-order valence-corrected chi connectivity index (χ1v) is 13.1. The lowest BCUT2D eigenvalue weighted by molar-refractivity contribution is 0.627. The van der Waals surface area contributed by atoms with E-state index in [0.29, 0.717) is 0 Å². The normalized spacial score (nSPS) is 13.0. The van der Waals surface area contributed by atoms with Crippen LogP contribution >= 0.6 is 0 Å². The molecule has 0 aliphatic heterocycles. The van der Waals surface area contributed by atoms with Crippen LogP contribution < -0.4 is 0 Å². The molecule has 1 aliphatic carbocycles. The molecule has 0 spiro atoms. The highest BCUT2D eigenvalue weighted by Crippen LogP contribution is 2.41. The maximum atomic E-state index is 12.2. The van der Waals surface area contributed by atoms with Crippen LogP contribution in [0, 0.1) is 19.7 Å². The number of rotatable bonds is 7. The van der Waals surface area contributed by atoms with E-state index in [0.717, 1.165) is 32.1 Å². The summed E-state index contributed by atoms with van der Waals surface area (Å²) in [6, 6.07) is 15.7. The average Bonchev–Trinajstić information content (AvgIpc) is 3.36. The van der Waals surface area contributed by atoms with Crippen LogP contribution in [0.4, 0.5) is 4.39 Å². The lowest BCUT2D eigenvalue weighted by atomic mass is 9.91. The largest absolute Gasteiger partial charge is 0.260 e. The van der Waals surface area contributed by atoms with Crippen LogP contribution in [0.2, 0.25) is 0 Å². The fourth-order valence-electron chi connectivity index (χ4n) is 4.82. The summed E-state index contributed by atoms with van der Waals surface area (Å²) < 4.78 is 12.2. The molecule has 0 fully saturated rings. The molecule has 2 aromatic carbocycles. The second-order valence-electron chi connectivity index (χ2n) is 9.53. The molecule has 0 saturated carbocycles. The number of allylic oxidation sites excluding steroid dienone is 3.